The second-order valence-corrected chi connectivity index (χ2v) is 6.47. The smallest absolute Gasteiger partial charge is 0.313 e. The predicted molar refractivity (Wildman–Crippen MR) is 102 cm³/mol. The molecule has 3 rings (SSSR count). The highest BCUT2D eigenvalue weighted by Gasteiger charge is 2.43. The van der Waals surface area contributed by atoms with Crippen LogP contribution in [-0.4, -0.2) is 49.8 Å². The van der Waals surface area contributed by atoms with E-state index in [1.54, 1.807) is 37.4 Å². The molecule has 0 fully saturated rings. The highest BCUT2D eigenvalue weighted by molar-refractivity contribution is 6.01. The van der Waals surface area contributed by atoms with Crippen LogP contribution >= 0.6 is 0 Å². The molecular weight excluding hydrogens is 362 g/mol. The third kappa shape index (κ3) is 3.24. The third-order valence-electron chi connectivity index (χ3n) is 4.97. The lowest BCUT2D eigenvalue weighted by atomic mass is 9.80. The number of ether oxygens (including phenoxy) is 3. The zero-order valence-electron chi connectivity index (χ0n) is 16.3. The van der Waals surface area contributed by atoms with Crippen molar-refractivity contribution in [3.63, 3.8) is 0 Å². The van der Waals surface area contributed by atoms with Crippen molar-refractivity contribution in [3.05, 3.63) is 53.1 Å². The van der Waals surface area contributed by atoms with Crippen molar-refractivity contribution in [2.45, 2.75) is 18.9 Å². The van der Waals surface area contributed by atoms with Crippen LogP contribution in [-0.2, 0) is 4.79 Å². The molecule has 0 spiro atoms. The van der Waals surface area contributed by atoms with Gasteiger partial charge in [0.1, 0.15) is 11.7 Å². The Hall–Kier alpha value is -3.22. The van der Waals surface area contributed by atoms with Gasteiger partial charge in [-0.25, -0.2) is 0 Å². The van der Waals surface area contributed by atoms with E-state index in [-0.39, 0.29) is 5.91 Å². The molecule has 1 N–H and O–H groups in total. The standard InChI is InChI=1S/C21H23NO6/c1-5-28-13-8-6-12(7-9-13)19-18(21(24)25)14-10-16(26-3)17(27-4)11-15(14)20(23)22(19)2/h6-11,18-19H,5H2,1-4H3,(H,24,25)/t18-,19+/m0/s1. The number of fused-ring (bicyclic) bond motifs is 1. The molecule has 1 amide bonds. The normalized spacial score (nSPS) is 18.4. The molecule has 2 aromatic rings. The van der Waals surface area contributed by atoms with Crippen LogP contribution in [0.5, 0.6) is 17.2 Å². The molecule has 0 aromatic heterocycles. The fourth-order valence-electron chi connectivity index (χ4n) is 3.66. The van der Waals surface area contributed by atoms with E-state index in [1.165, 1.54) is 25.2 Å². The first-order valence-corrected chi connectivity index (χ1v) is 8.91. The SMILES string of the molecule is CCOc1ccc([C@@H]2[C@@H](C(=O)O)c3cc(OC)c(OC)cc3C(=O)N2C)cc1. The number of carboxylic acids is 1. The van der Waals surface area contributed by atoms with Crippen LogP contribution in [0.15, 0.2) is 36.4 Å². The summed E-state index contributed by atoms with van der Waals surface area (Å²) in [6.45, 7) is 2.43. The number of amides is 1. The summed E-state index contributed by atoms with van der Waals surface area (Å²) >= 11 is 0. The summed E-state index contributed by atoms with van der Waals surface area (Å²) in [6.07, 6.45) is 0. The second-order valence-electron chi connectivity index (χ2n) is 6.47. The Labute approximate surface area is 163 Å². The number of carboxylic acid groups (broad SMARTS) is 1. The number of aliphatic carboxylic acids is 1. The summed E-state index contributed by atoms with van der Waals surface area (Å²) in [5, 5.41) is 10.0. The molecule has 2 atom stereocenters. The Bertz CT molecular complexity index is 893. The van der Waals surface area contributed by atoms with E-state index >= 15 is 0 Å². The molecule has 0 saturated carbocycles. The Morgan fingerprint density at radius 1 is 1.11 bits per heavy atom. The maximum Gasteiger partial charge on any atom is 0.313 e. The molecule has 0 unspecified atom stereocenters. The third-order valence-corrected chi connectivity index (χ3v) is 4.97. The number of likely N-dealkylation sites (N-methyl/N-ethyl adjacent to an activating group) is 1. The molecule has 148 valence electrons. The molecule has 7 heteroatoms. The summed E-state index contributed by atoms with van der Waals surface area (Å²) in [6, 6.07) is 9.60. The van der Waals surface area contributed by atoms with Crippen LogP contribution in [0.3, 0.4) is 0 Å². The average Bonchev–Trinajstić information content (AvgIpc) is 2.70. The maximum atomic E-state index is 13.0. The number of hydrogen-bond donors (Lipinski definition) is 1. The van der Waals surface area contributed by atoms with Gasteiger partial charge in [-0.3, -0.25) is 9.59 Å². The molecule has 0 saturated heterocycles. The number of benzene rings is 2. The summed E-state index contributed by atoms with van der Waals surface area (Å²) in [4.78, 5) is 26.7. The van der Waals surface area contributed by atoms with Crippen molar-refractivity contribution < 1.29 is 28.9 Å². The molecule has 0 bridgehead atoms. The van der Waals surface area contributed by atoms with E-state index < -0.39 is 17.9 Å². The Morgan fingerprint density at radius 2 is 1.71 bits per heavy atom. The van der Waals surface area contributed by atoms with Gasteiger partial charge in [-0.05, 0) is 42.3 Å². The minimum absolute atomic E-state index is 0.271. The largest absolute Gasteiger partial charge is 0.494 e. The summed E-state index contributed by atoms with van der Waals surface area (Å²) in [7, 11) is 4.55. The van der Waals surface area contributed by atoms with Crippen molar-refractivity contribution in [2.75, 3.05) is 27.9 Å². The molecule has 7 nitrogen and oxygen atoms in total. The minimum atomic E-state index is -1.02. The lowest BCUT2D eigenvalue weighted by Gasteiger charge is -2.39. The van der Waals surface area contributed by atoms with Crippen LogP contribution in [0.2, 0.25) is 0 Å². The van der Waals surface area contributed by atoms with E-state index in [4.69, 9.17) is 14.2 Å². The zero-order valence-corrected chi connectivity index (χ0v) is 16.3. The molecule has 0 radical (unpaired) electrons. The van der Waals surface area contributed by atoms with Gasteiger partial charge in [0, 0.05) is 12.6 Å². The fraction of sp³-hybridized carbons (Fsp3) is 0.333. The highest BCUT2D eigenvalue weighted by Crippen LogP contribution is 2.45. The average molecular weight is 385 g/mol. The van der Waals surface area contributed by atoms with Crippen LogP contribution in [0.1, 0.15) is 40.4 Å². The van der Waals surface area contributed by atoms with Gasteiger partial charge >= 0.3 is 5.97 Å². The van der Waals surface area contributed by atoms with Gasteiger partial charge in [-0.15, -0.1) is 0 Å². The van der Waals surface area contributed by atoms with E-state index in [2.05, 4.69) is 0 Å². The van der Waals surface area contributed by atoms with Crippen LogP contribution in [0, 0.1) is 0 Å². The number of nitrogens with zero attached hydrogens (tertiary/aromatic N) is 1. The topological polar surface area (TPSA) is 85.3 Å². The van der Waals surface area contributed by atoms with Crippen LogP contribution < -0.4 is 14.2 Å². The molecule has 28 heavy (non-hydrogen) atoms. The van der Waals surface area contributed by atoms with Gasteiger partial charge < -0.3 is 24.2 Å². The van der Waals surface area contributed by atoms with Gasteiger partial charge in [0.2, 0.25) is 0 Å². The van der Waals surface area contributed by atoms with Gasteiger partial charge in [-0.1, -0.05) is 12.1 Å². The van der Waals surface area contributed by atoms with Crippen molar-refractivity contribution in [1.82, 2.24) is 4.90 Å². The highest BCUT2D eigenvalue weighted by atomic mass is 16.5. The number of methoxy groups -OCH3 is 2. The summed E-state index contributed by atoms with van der Waals surface area (Å²) < 4.78 is 16.0. The van der Waals surface area contributed by atoms with Gasteiger partial charge in [0.15, 0.2) is 11.5 Å². The van der Waals surface area contributed by atoms with Gasteiger partial charge in [0.25, 0.3) is 5.91 Å². The van der Waals surface area contributed by atoms with Crippen LogP contribution in [0.25, 0.3) is 0 Å². The first-order chi connectivity index (χ1) is 13.4. The van der Waals surface area contributed by atoms with Crippen LogP contribution in [0.4, 0.5) is 0 Å². The van der Waals surface area contributed by atoms with Gasteiger partial charge in [0.05, 0.1) is 26.9 Å². The summed E-state index contributed by atoms with van der Waals surface area (Å²) in [5.41, 5.74) is 1.43. The number of rotatable bonds is 6. The number of carbonyl (C=O) groups is 2. The van der Waals surface area contributed by atoms with E-state index in [0.717, 1.165) is 0 Å². The zero-order chi connectivity index (χ0) is 20.4. The first-order valence-electron chi connectivity index (χ1n) is 8.91. The second kappa shape index (κ2) is 7.80. The van der Waals surface area contributed by atoms with E-state index in [9.17, 15) is 14.7 Å². The quantitative estimate of drug-likeness (QED) is 0.822. The number of hydrogen-bond acceptors (Lipinski definition) is 5. The summed E-state index contributed by atoms with van der Waals surface area (Å²) in [5.74, 6) is -0.786. The van der Waals surface area contributed by atoms with Crippen molar-refractivity contribution >= 4 is 11.9 Å². The fourth-order valence-corrected chi connectivity index (χ4v) is 3.66. The molecule has 2 aromatic carbocycles. The predicted octanol–water partition coefficient (Wildman–Crippen LogP) is 3.10. The first kappa shape index (κ1) is 19.5. The van der Waals surface area contributed by atoms with Crippen molar-refractivity contribution in [3.8, 4) is 17.2 Å². The van der Waals surface area contributed by atoms with E-state index in [1.807, 2.05) is 6.92 Å². The number of carbonyl (C=O) groups excluding carboxylic acids is 1. The van der Waals surface area contributed by atoms with Crippen molar-refractivity contribution in [1.29, 1.82) is 0 Å². The lowest BCUT2D eigenvalue weighted by Crippen LogP contribution is -2.42. The Morgan fingerprint density at radius 3 is 2.25 bits per heavy atom. The monoisotopic (exact) mass is 385 g/mol. The van der Waals surface area contributed by atoms with E-state index in [0.29, 0.717) is 40.5 Å². The molecular formula is C21H23NO6. The molecule has 1 heterocycles. The molecule has 0 aliphatic carbocycles. The molecule has 1 aliphatic rings. The maximum absolute atomic E-state index is 13.0. The lowest BCUT2D eigenvalue weighted by molar-refractivity contribution is -0.140. The van der Waals surface area contributed by atoms with Crippen molar-refractivity contribution in [2.24, 2.45) is 0 Å². The minimum Gasteiger partial charge on any atom is -0.494 e. The van der Waals surface area contributed by atoms with Gasteiger partial charge in [-0.2, -0.15) is 0 Å². The Kier molecular flexibility index (Phi) is 5.44. The Balaban J connectivity index is 2.15. The molecule has 1 aliphatic heterocycles.